The molecule has 2 aromatic heterocycles. The van der Waals surface area contributed by atoms with Crippen LogP contribution < -0.4 is 11.3 Å². The predicted molar refractivity (Wildman–Crippen MR) is 77.3 cm³/mol. The number of fused-ring (bicyclic) bond motifs is 1. The average molecular weight is 304 g/mol. The van der Waals surface area contributed by atoms with Crippen molar-refractivity contribution in [3.63, 3.8) is 0 Å². The van der Waals surface area contributed by atoms with Gasteiger partial charge >= 0.3 is 0 Å². The summed E-state index contributed by atoms with van der Waals surface area (Å²) in [5.74, 6) is -0.614. The first kappa shape index (κ1) is 13.3. The lowest BCUT2D eigenvalue weighted by atomic mass is 10.3. The molecule has 8 heteroatoms. The zero-order valence-corrected chi connectivity index (χ0v) is 11.5. The van der Waals surface area contributed by atoms with Crippen molar-refractivity contribution in [2.24, 2.45) is 5.73 Å². The lowest BCUT2D eigenvalue weighted by molar-refractivity contribution is -0.118. The maximum absolute atomic E-state index is 12.2. The molecule has 0 bridgehead atoms. The molecule has 3 rings (SSSR count). The van der Waals surface area contributed by atoms with E-state index in [1.54, 1.807) is 18.2 Å². The van der Waals surface area contributed by atoms with Gasteiger partial charge in [-0.05, 0) is 12.1 Å². The molecule has 7 nitrogen and oxygen atoms in total. The molecule has 21 heavy (non-hydrogen) atoms. The Hall–Kier alpha value is -2.67. The van der Waals surface area contributed by atoms with Gasteiger partial charge in [-0.15, -0.1) is 0 Å². The van der Waals surface area contributed by atoms with Crippen molar-refractivity contribution in [1.82, 2.24) is 19.3 Å². The van der Waals surface area contributed by atoms with Crippen molar-refractivity contribution in [2.75, 3.05) is 0 Å². The highest BCUT2D eigenvalue weighted by atomic mass is 35.5. The van der Waals surface area contributed by atoms with Crippen LogP contribution >= 0.6 is 11.6 Å². The number of benzene rings is 1. The molecule has 0 aliphatic heterocycles. The molecular formula is C13H10ClN5O2. The maximum Gasteiger partial charge on any atom is 0.264 e. The van der Waals surface area contributed by atoms with Gasteiger partial charge in [0.15, 0.2) is 5.65 Å². The first-order valence-corrected chi connectivity index (χ1v) is 6.42. The Morgan fingerprint density at radius 1 is 1.33 bits per heavy atom. The summed E-state index contributed by atoms with van der Waals surface area (Å²) in [5, 5.41) is 4.93. The molecule has 0 fully saturated rings. The maximum atomic E-state index is 12.2. The molecule has 0 radical (unpaired) electrons. The van der Waals surface area contributed by atoms with E-state index in [4.69, 9.17) is 17.3 Å². The van der Waals surface area contributed by atoms with Crippen LogP contribution in [0.1, 0.15) is 0 Å². The van der Waals surface area contributed by atoms with E-state index < -0.39 is 5.91 Å². The number of nitrogens with zero attached hydrogens (tertiary/aromatic N) is 4. The monoisotopic (exact) mass is 303 g/mol. The Bertz CT molecular complexity index is 899. The molecule has 1 amide bonds. The van der Waals surface area contributed by atoms with Gasteiger partial charge in [0, 0.05) is 0 Å². The number of halogens is 1. The number of aromatic nitrogens is 4. The highest BCUT2D eigenvalue weighted by Gasteiger charge is 2.13. The third kappa shape index (κ3) is 2.27. The van der Waals surface area contributed by atoms with Crippen molar-refractivity contribution in [3.8, 4) is 5.69 Å². The Morgan fingerprint density at radius 3 is 2.81 bits per heavy atom. The molecule has 0 saturated carbocycles. The van der Waals surface area contributed by atoms with Gasteiger partial charge in [-0.1, -0.05) is 23.7 Å². The van der Waals surface area contributed by atoms with Crippen molar-refractivity contribution in [3.05, 3.63) is 52.2 Å². The van der Waals surface area contributed by atoms with E-state index in [9.17, 15) is 9.59 Å². The molecule has 0 atom stereocenters. The highest BCUT2D eigenvalue weighted by Crippen LogP contribution is 2.21. The summed E-state index contributed by atoms with van der Waals surface area (Å²) in [5.41, 5.74) is 5.70. The number of primary amides is 1. The Kier molecular flexibility index (Phi) is 3.19. The molecular weight excluding hydrogens is 294 g/mol. The van der Waals surface area contributed by atoms with Gasteiger partial charge in [-0.2, -0.15) is 5.10 Å². The first-order chi connectivity index (χ1) is 10.1. The zero-order valence-electron chi connectivity index (χ0n) is 10.7. The highest BCUT2D eigenvalue weighted by molar-refractivity contribution is 6.32. The second-order valence-electron chi connectivity index (χ2n) is 4.39. The van der Waals surface area contributed by atoms with Crippen molar-refractivity contribution >= 4 is 28.5 Å². The molecule has 0 saturated heterocycles. The topological polar surface area (TPSA) is 95.8 Å². The summed E-state index contributed by atoms with van der Waals surface area (Å²) in [7, 11) is 0. The molecule has 3 aromatic rings. The minimum Gasteiger partial charge on any atom is -0.368 e. The van der Waals surface area contributed by atoms with E-state index in [0.717, 1.165) is 4.57 Å². The van der Waals surface area contributed by atoms with Gasteiger partial charge in [0.1, 0.15) is 18.3 Å². The molecule has 106 valence electrons. The van der Waals surface area contributed by atoms with E-state index in [0.29, 0.717) is 21.7 Å². The van der Waals surface area contributed by atoms with Gasteiger partial charge in [-0.3, -0.25) is 14.2 Å². The number of carbonyl (C=O) groups is 1. The lowest BCUT2D eigenvalue weighted by Crippen LogP contribution is -2.28. The number of para-hydroxylation sites is 1. The number of amides is 1. The van der Waals surface area contributed by atoms with Crippen LogP contribution in [0.25, 0.3) is 16.7 Å². The second kappa shape index (κ2) is 5.02. The Morgan fingerprint density at radius 2 is 2.10 bits per heavy atom. The van der Waals surface area contributed by atoms with Crippen LogP contribution in [0.5, 0.6) is 0 Å². The summed E-state index contributed by atoms with van der Waals surface area (Å²) in [6.07, 6.45) is 2.66. The molecule has 2 N–H and O–H groups in total. The van der Waals surface area contributed by atoms with Crippen molar-refractivity contribution < 1.29 is 4.79 Å². The van der Waals surface area contributed by atoms with Crippen molar-refractivity contribution in [1.29, 1.82) is 0 Å². The van der Waals surface area contributed by atoms with Gasteiger partial charge < -0.3 is 5.73 Å². The lowest BCUT2D eigenvalue weighted by Gasteiger charge is -2.06. The fraction of sp³-hybridized carbons (Fsp3) is 0.0769. The minimum absolute atomic E-state index is 0.223. The standard InChI is InChI=1S/C13H10ClN5O2/c14-9-3-1-2-4-10(9)19-12-8(5-17-19)13(21)18(7-16-12)6-11(15)20/h1-5,7H,6H2,(H2,15,20). The number of nitrogens with two attached hydrogens (primary N) is 1. The van der Waals surface area contributed by atoms with Crippen molar-refractivity contribution in [2.45, 2.75) is 6.54 Å². The fourth-order valence-corrected chi connectivity index (χ4v) is 2.24. The summed E-state index contributed by atoms with van der Waals surface area (Å²) in [4.78, 5) is 27.3. The number of hydrogen-bond donors (Lipinski definition) is 1. The van der Waals surface area contributed by atoms with E-state index in [-0.39, 0.29) is 12.1 Å². The zero-order chi connectivity index (χ0) is 15.0. The summed E-state index contributed by atoms with van der Waals surface area (Å²) in [6, 6.07) is 7.10. The van der Waals surface area contributed by atoms with Crippen LogP contribution in [-0.4, -0.2) is 25.2 Å². The third-order valence-electron chi connectivity index (χ3n) is 2.96. The summed E-state index contributed by atoms with van der Waals surface area (Å²) >= 11 is 6.12. The largest absolute Gasteiger partial charge is 0.368 e. The summed E-state index contributed by atoms with van der Waals surface area (Å²) < 4.78 is 2.62. The SMILES string of the molecule is NC(=O)Cn1cnc2c(cnn2-c2ccccc2Cl)c1=O. The number of rotatable bonds is 3. The fourth-order valence-electron chi connectivity index (χ4n) is 2.03. The minimum atomic E-state index is -0.614. The van der Waals surface area contributed by atoms with Crippen LogP contribution in [0.3, 0.4) is 0 Å². The van der Waals surface area contributed by atoms with Crippen LogP contribution in [0, 0.1) is 0 Å². The third-order valence-corrected chi connectivity index (χ3v) is 3.28. The summed E-state index contributed by atoms with van der Waals surface area (Å²) in [6.45, 7) is -0.223. The van der Waals surface area contributed by atoms with Gasteiger partial charge in [0.05, 0.1) is 16.9 Å². The van der Waals surface area contributed by atoms with Crippen LogP contribution in [0.2, 0.25) is 5.02 Å². The molecule has 0 unspecified atom stereocenters. The molecule has 2 heterocycles. The van der Waals surface area contributed by atoms with Crippen LogP contribution in [0.15, 0.2) is 41.6 Å². The predicted octanol–water partition coefficient (Wildman–Crippen LogP) is 0.721. The van der Waals surface area contributed by atoms with E-state index in [1.807, 2.05) is 6.07 Å². The van der Waals surface area contributed by atoms with Crippen LogP contribution in [0.4, 0.5) is 0 Å². The average Bonchev–Trinajstić information content (AvgIpc) is 2.86. The van der Waals surface area contributed by atoms with Gasteiger partial charge in [0.2, 0.25) is 5.91 Å². The second-order valence-corrected chi connectivity index (χ2v) is 4.80. The van der Waals surface area contributed by atoms with E-state index in [2.05, 4.69) is 10.1 Å². The van der Waals surface area contributed by atoms with Crippen LogP contribution in [-0.2, 0) is 11.3 Å². The van der Waals surface area contributed by atoms with Gasteiger partial charge in [-0.25, -0.2) is 9.67 Å². The Labute approximate surface area is 123 Å². The quantitative estimate of drug-likeness (QED) is 0.771. The molecule has 1 aromatic carbocycles. The smallest absolute Gasteiger partial charge is 0.264 e. The number of hydrogen-bond acceptors (Lipinski definition) is 4. The molecule has 0 spiro atoms. The Balaban J connectivity index is 2.21. The van der Waals surface area contributed by atoms with E-state index in [1.165, 1.54) is 17.2 Å². The molecule has 0 aliphatic carbocycles. The van der Waals surface area contributed by atoms with Gasteiger partial charge in [0.25, 0.3) is 5.56 Å². The molecule has 0 aliphatic rings. The van der Waals surface area contributed by atoms with E-state index >= 15 is 0 Å². The number of carbonyl (C=O) groups excluding carboxylic acids is 1. The normalized spacial score (nSPS) is 10.9. The first-order valence-electron chi connectivity index (χ1n) is 6.04.